The maximum absolute atomic E-state index is 4.52. The molecular formula is C18H19N5. The molecule has 0 bridgehead atoms. The van der Waals surface area contributed by atoms with Gasteiger partial charge in [-0.1, -0.05) is 17.7 Å². The molecule has 0 aliphatic rings. The Labute approximate surface area is 135 Å². The van der Waals surface area contributed by atoms with Gasteiger partial charge >= 0.3 is 0 Å². The van der Waals surface area contributed by atoms with Crippen molar-refractivity contribution < 1.29 is 0 Å². The lowest BCUT2D eigenvalue weighted by atomic mass is 10.2. The second-order valence-corrected chi connectivity index (χ2v) is 5.42. The number of hydrogen-bond acceptors (Lipinski definition) is 5. The van der Waals surface area contributed by atoms with E-state index in [9.17, 15) is 0 Å². The highest BCUT2D eigenvalue weighted by Gasteiger charge is 2.03. The van der Waals surface area contributed by atoms with Crippen LogP contribution in [0.4, 0.5) is 17.5 Å². The largest absolute Gasteiger partial charge is 0.350 e. The average Bonchev–Trinajstić information content (AvgIpc) is 2.56. The minimum atomic E-state index is 0.608. The zero-order valence-corrected chi connectivity index (χ0v) is 13.2. The minimum absolute atomic E-state index is 0.608. The van der Waals surface area contributed by atoms with E-state index in [1.165, 1.54) is 5.56 Å². The summed E-state index contributed by atoms with van der Waals surface area (Å²) in [5.41, 5.74) is 4.29. The first-order valence-electron chi connectivity index (χ1n) is 7.51. The first-order valence-corrected chi connectivity index (χ1v) is 7.51. The summed E-state index contributed by atoms with van der Waals surface area (Å²) in [6.45, 7) is 4.69. The fourth-order valence-corrected chi connectivity index (χ4v) is 2.18. The summed E-state index contributed by atoms with van der Waals surface area (Å²) in [5.74, 6) is 1.38. The van der Waals surface area contributed by atoms with Crippen LogP contribution in [-0.4, -0.2) is 15.0 Å². The fourth-order valence-electron chi connectivity index (χ4n) is 2.18. The van der Waals surface area contributed by atoms with E-state index < -0.39 is 0 Å². The van der Waals surface area contributed by atoms with Gasteiger partial charge in [-0.2, -0.15) is 4.98 Å². The summed E-state index contributed by atoms with van der Waals surface area (Å²) in [5, 5.41) is 6.56. The van der Waals surface area contributed by atoms with E-state index in [1.54, 1.807) is 12.4 Å². The molecule has 5 heteroatoms. The zero-order chi connectivity index (χ0) is 16.1. The number of hydrogen-bond donors (Lipinski definition) is 2. The third kappa shape index (κ3) is 4.26. The standard InChI is InChI=1S/C18H19N5/c1-13-3-5-16(6-4-13)22-17-11-14(2)21-18(23-17)20-12-15-7-9-19-10-8-15/h3-11H,12H2,1-2H3,(H2,20,21,22,23). The van der Waals surface area contributed by atoms with Gasteiger partial charge in [-0.05, 0) is 43.7 Å². The number of nitrogens with one attached hydrogen (secondary N) is 2. The van der Waals surface area contributed by atoms with Crippen molar-refractivity contribution >= 4 is 17.5 Å². The number of rotatable bonds is 5. The van der Waals surface area contributed by atoms with Crippen LogP contribution >= 0.6 is 0 Å². The molecule has 3 rings (SSSR count). The van der Waals surface area contributed by atoms with Crippen LogP contribution < -0.4 is 10.6 Å². The molecule has 0 unspecified atom stereocenters. The van der Waals surface area contributed by atoms with Crippen LogP contribution in [0, 0.1) is 13.8 Å². The molecular weight excluding hydrogens is 286 g/mol. The molecule has 0 aliphatic heterocycles. The maximum atomic E-state index is 4.52. The number of anilines is 3. The molecule has 0 aliphatic carbocycles. The third-order valence-electron chi connectivity index (χ3n) is 3.38. The lowest BCUT2D eigenvalue weighted by Gasteiger charge is -2.10. The number of nitrogens with zero attached hydrogens (tertiary/aromatic N) is 3. The Balaban J connectivity index is 1.72. The maximum Gasteiger partial charge on any atom is 0.225 e. The lowest BCUT2D eigenvalue weighted by molar-refractivity contribution is 1.03. The SMILES string of the molecule is Cc1ccc(Nc2cc(C)nc(NCc3ccncc3)n2)cc1. The topological polar surface area (TPSA) is 62.7 Å². The molecule has 0 saturated carbocycles. The molecule has 3 aromatic rings. The van der Waals surface area contributed by atoms with Gasteiger partial charge in [0, 0.05) is 36.4 Å². The smallest absolute Gasteiger partial charge is 0.225 e. The van der Waals surface area contributed by atoms with Crippen molar-refractivity contribution in [1.29, 1.82) is 0 Å². The monoisotopic (exact) mass is 305 g/mol. The molecule has 23 heavy (non-hydrogen) atoms. The van der Waals surface area contributed by atoms with Crippen molar-refractivity contribution in [3.63, 3.8) is 0 Å². The van der Waals surface area contributed by atoms with Crippen LogP contribution in [0.25, 0.3) is 0 Å². The zero-order valence-electron chi connectivity index (χ0n) is 13.2. The van der Waals surface area contributed by atoms with Crippen LogP contribution in [0.3, 0.4) is 0 Å². The molecule has 0 saturated heterocycles. The Hall–Kier alpha value is -2.95. The summed E-state index contributed by atoms with van der Waals surface area (Å²) in [7, 11) is 0. The van der Waals surface area contributed by atoms with Crippen molar-refractivity contribution in [2.45, 2.75) is 20.4 Å². The van der Waals surface area contributed by atoms with Crippen LogP contribution in [0.5, 0.6) is 0 Å². The second kappa shape index (κ2) is 6.87. The molecule has 2 N–H and O–H groups in total. The first kappa shape index (κ1) is 15.0. The number of aromatic nitrogens is 3. The van der Waals surface area contributed by atoms with E-state index >= 15 is 0 Å². The predicted octanol–water partition coefficient (Wildman–Crippen LogP) is 3.84. The average molecular weight is 305 g/mol. The Morgan fingerprint density at radius 3 is 2.39 bits per heavy atom. The highest BCUT2D eigenvalue weighted by atomic mass is 15.1. The summed E-state index contributed by atoms with van der Waals surface area (Å²) in [6.07, 6.45) is 3.55. The second-order valence-electron chi connectivity index (χ2n) is 5.42. The normalized spacial score (nSPS) is 10.3. The highest BCUT2D eigenvalue weighted by molar-refractivity contribution is 5.57. The van der Waals surface area contributed by atoms with E-state index in [1.807, 2.05) is 37.3 Å². The van der Waals surface area contributed by atoms with Crippen LogP contribution in [0.15, 0.2) is 54.9 Å². The van der Waals surface area contributed by atoms with E-state index in [4.69, 9.17) is 0 Å². The van der Waals surface area contributed by atoms with E-state index in [-0.39, 0.29) is 0 Å². The van der Waals surface area contributed by atoms with Gasteiger partial charge in [0.25, 0.3) is 0 Å². The third-order valence-corrected chi connectivity index (χ3v) is 3.38. The molecule has 0 radical (unpaired) electrons. The van der Waals surface area contributed by atoms with Crippen molar-refractivity contribution in [3.8, 4) is 0 Å². The lowest BCUT2D eigenvalue weighted by Crippen LogP contribution is -2.06. The quantitative estimate of drug-likeness (QED) is 0.750. The van der Waals surface area contributed by atoms with E-state index in [2.05, 4.69) is 44.6 Å². The van der Waals surface area contributed by atoms with Crippen LogP contribution in [-0.2, 0) is 6.54 Å². The van der Waals surface area contributed by atoms with Gasteiger partial charge in [0.1, 0.15) is 5.82 Å². The number of aryl methyl sites for hydroxylation is 2. The van der Waals surface area contributed by atoms with Gasteiger partial charge in [-0.3, -0.25) is 4.98 Å². The Morgan fingerprint density at radius 1 is 0.913 bits per heavy atom. The van der Waals surface area contributed by atoms with Crippen LogP contribution in [0.1, 0.15) is 16.8 Å². The fraction of sp³-hybridized carbons (Fsp3) is 0.167. The molecule has 2 heterocycles. The summed E-state index contributed by atoms with van der Waals surface area (Å²) in [6, 6.07) is 14.1. The van der Waals surface area contributed by atoms with E-state index in [0.717, 1.165) is 22.8 Å². The molecule has 5 nitrogen and oxygen atoms in total. The molecule has 0 fully saturated rings. The molecule has 2 aromatic heterocycles. The Bertz CT molecular complexity index is 769. The summed E-state index contributed by atoms with van der Waals surface area (Å²) < 4.78 is 0. The first-order chi connectivity index (χ1) is 11.2. The van der Waals surface area contributed by atoms with Gasteiger partial charge < -0.3 is 10.6 Å². The summed E-state index contributed by atoms with van der Waals surface area (Å²) in [4.78, 5) is 13.0. The van der Waals surface area contributed by atoms with Gasteiger partial charge in [0.15, 0.2) is 0 Å². The molecule has 0 spiro atoms. The van der Waals surface area contributed by atoms with Crippen LogP contribution in [0.2, 0.25) is 0 Å². The highest BCUT2D eigenvalue weighted by Crippen LogP contribution is 2.17. The number of pyridine rings is 1. The molecule has 1 aromatic carbocycles. The predicted molar refractivity (Wildman–Crippen MR) is 92.8 cm³/mol. The Kier molecular flexibility index (Phi) is 4.47. The van der Waals surface area contributed by atoms with Gasteiger partial charge in [0.2, 0.25) is 5.95 Å². The molecule has 0 atom stereocenters. The van der Waals surface area contributed by atoms with Crippen molar-refractivity contribution in [3.05, 3.63) is 71.7 Å². The van der Waals surface area contributed by atoms with Crippen molar-refractivity contribution in [2.24, 2.45) is 0 Å². The summed E-state index contributed by atoms with van der Waals surface area (Å²) >= 11 is 0. The minimum Gasteiger partial charge on any atom is -0.350 e. The van der Waals surface area contributed by atoms with Gasteiger partial charge in [-0.25, -0.2) is 4.98 Å². The van der Waals surface area contributed by atoms with Crippen molar-refractivity contribution in [1.82, 2.24) is 15.0 Å². The van der Waals surface area contributed by atoms with Gasteiger partial charge in [-0.15, -0.1) is 0 Å². The Morgan fingerprint density at radius 2 is 1.65 bits per heavy atom. The number of benzene rings is 1. The molecule has 0 amide bonds. The molecule has 116 valence electrons. The van der Waals surface area contributed by atoms with E-state index in [0.29, 0.717) is 12.5 Å². The van der Waals surface area contributed by atoms with Gasteiger partial charge in [0.05, 0.1) is 0 Å². The van der Waals surface area contributed by atoms with Crippen molar-refractivity contribution in [2.75, 3.05) is 10.6 Å².